The molecule has 2 saturated heterocycles. The number of imide groups is 2. The zero-order valence-electron chi connectivity index (χ0n) is 24.9. The van der Waals surface area contributed by atoms with Gasteiger partial charge in [0.15, 0.2) is 0 Å². The first kappa shape index (κ1) is 30.3. The highest BCUT2D eigenvalue weighted by Gasteiger charge is 2.68. The molecule has 7 rings (SSSR count). The second-order valence-corrected chi connectivity index (χ2v) is 13.2. The number of amides is 4. The fraction of sp³-hybridized carbons (Fsp3) is 0.294. The first-order valence-electron chi connectivity index (χ1n) is 15.0. The predicted octanol–water partition coefficient (Wildman–Crippen LogP) is 3.61. The molecule has 4 aliphatic rings. The first-order valence-corrected chi connectivity index (χ1v) is 15.4. The Bertz CT molecular complexity index is 1900. The van der Waals surface area contributed by atoms with E-state index >= 15 is 0 Å². The van der Waals surface area contributed by atoms with Crippen molar-refractivity contribution in [3.8, 4) is 5.75 Å². The molecule has 4 amide bonds. The Morgan fingerprint density at radius 3 is 2.35 bits per heavy atom. The normalized spacial score (nSPS) is 28.7. The Morgan fingerprint density at radius 2 is 1.63 bits per heavy atom. The third kappa shape index (κ3) is 4.15. The van der Waals surface area contributed by atoms with E-state index in [0.29, 0.717) is 16.7 Å². The molecule has 234 valence electrons. The van der Waals surface area contributed by atoms with Gasteiger partial charge in [0.05, 0.1) is 39.6 Å². The van der Waals surface area contributed by atoms with Crippen molar-refractivity contribution in [2.45, 2.75) is 32.6 Å². The number of rotatable bonds is 4. The average molecular weight is 643 g/mol. The van der Waals surface area contributed by atoms with E-state index in [0.717, 1.165) is 15.9 Å². The maximum atomic E-state index is 14.5. The largest absolute Gasteiger partial charge is 0.507 e. The zero-order chi connectivity index (χ0) is 32.8. The van der Waals surface area contributed by atoms with Crippen molar-refractivity contribution in [3.63, 3.8) is 0 Å². The van der Waals surface area contributed by atoms with Gasteiger partial charge in [-0.25, -0.2) is 9.29 Å². The fourth-order valence-electron chi connectivity index (χ4n) is 8.22. The predicted molar refractivity (Wildman–Crippen MR) is 168 cm³/mol. The van der Waals surface area contributed by atoms with E-state index in [-0.39, 0.29) is 40.5 Å². The molecule has 0 aromatic heterocycles. The van der Waals surface area contributed by atoms with Crippen LogP contribution in [0.15, 0.2) is 72.3 Å². The molecule has 12 heteroatoms. The summed E-state index contributed by atoms with van der Waals surface area (Å²) in [6.07, 6.45) is 2.16. The number of fused-ring (bicyclic) bond motifs is 4. The minimum atomic E-state index is -1.80. The average Bonchev–Trinajstić information content (AvgIpc) is 3.40. The number of phenolic OH excluding ortho intramolecular Hbond substituents is 1. The van der Waals surface area contributed by atoms with Gasteiger partial charge >= 0.3 is 7.12 Å². The summed E-state index contributed by atoms with van der Waals surface area (Å²) >= 11 is 6.05. The Kier molecular flexibility index (Phi) is 7.00. The van der Waals surface area contributed by atoms with Gasteiger partial charge < -0.3 is 15.2 Å². The summed E-state index contributed by atoms with van der Waals surface area (Å²) in [4.78, 5) is 58.8. The number of carbonyl (C=O) groups is 4. The van der Waals surface area contributed by atoms with Crippen LogP contribution in [0.2, 0.25) is 5.02 Å². The van der Waals surface area contributed by atoms with E-state index in [2.05, 4.69) is 0 Å². The molecule has 3 aromatic carbocycles. The second kappa shape index (κ2) is 10.6. The standard InChI is InChI=1S/C34H29BClFN2O7/c1-16-5-3-8-22(29(16)40)28-20-10-11-21-27(32(43)38(30(21)41)18-7-4-6-17(13-18)35(45)46)23(20)15-24-31(42)39(33(44)34(24,28)2)19-9-12-26(37)25(36)14-19/h3-10,12-14,21,23-24,27-28,40,45-46H,11,15H2,1-2H3/t21-,23+,24-,27-,28+,34+/m0/s1. The Morgan fingerprint density at radius 1 is 0.913 bits per heavy atom. The number of para-hydroxylation sites is 1. The van der Waals surface area contributed by atoms with Crippen LogP contribution in [0.3, 0.4) is 0 Å². The minimum Gasteiger partial charge on any atom is -0.507 e. The third-order valence-electron chi connectivity index (χ3n) is 10.4. The lowest BCUT2D eigenvalue weighted by molar-refractivity contribution is -0.131. The van der Waals surface area contributed by atoms with Gasteiger partial charge in [-0.3, -0.25) is 24.1 Å². The fourth-order valence-corrected chi connectivity index (χ4v) is 8.40. The Balaban J connectivity index is 1.37. The number of aromatic hydroxyl groups is 1. The number of nitrogens with zero attached hydrogens (tertiary/aromatic N) is 2. The number of phenols is 1. The van der Waals surface area contributed by atoms with Crippen molar-refractivity contribution in [3.05, 3.63) is 94.3 Å². The number of anilines is 2. The van der Waals surface area contributed by atoms with Crippen LogP contribution in [0.4, 0.5) is 15.8 Å². The second-order valence-electron chi connectivity index (χ2n) is 12.8. The number of carbonyl (C=O) groups excluding carboxylic acids is 4. The van der Waals surface area contributed by atoms with E-state index in [1.165, 1.54) is 30.3 Å². The summed E-state index contributed by atoms with van der Waals surface area (Å²) in [6.45, 7) is 3.42. The van der Waals surface area contributed by atoms with Gasteiger partial charge in [0.2, 0.25) is 23.6 Å². The molecular formula is C34H29BClFN2O7. The van der Waals surface area contributed by atoms with E-state index in [1.807, 2.05) is 6.08 Å². The van der Waals surface area contributed by atoms with Crippen molar-refractivity contribution < 1.29 is 38.7 Å². The summed E-state index contributed by atoms with van der Waals surface area (Å²) in [5.74, 6) is -6.70. The number of hydrogen-bond acceptors (Lipinski definition) is 7. The quantitative estimate of drug-likeness (QED) is 0.225. The summed E-state index contributed by atoms with van der Waals surface area (Å²) in [6, 6.07) is 14.7. The zero-order valence-corrected chi connectivity index (χ0v) is 25.6. The van der Waals surface area contributed by atoms with Crippen molar-refractivity contribution >= 4 is 59.2 Å². The highest BCUT2D eigenvalue weighted by molar-refractivity contribution is 6.58. The third-order valence-corrected chi connectivity index (χ3v) is 10.7. The number of aryl methyl sites for hydroxylation is 1. The van der Waals surface area contributed by atoms with Crippen LogP contribution in [0.1, 0.15) is 36.8 Å². The molecule has 3 fully saturated rings. The van der Waals surface area contributed by atoms with Crippen LogP contribution in [-0.4, -0.2) is 45.9 Å². The monoisotopic (exact) mass is 642 g/mol. The smallest absolute Gasteiger partial charge is 0.488 e. The lowest BCUT2D eigenvalue weighted by Crippen LogP contribution is -2.49. The molecule has 6 atom stereocenters. The molecule has 0 unspecified atom stereocenters. The molecule has 9 nitrogen and oxygen atoms in total. The van der Waals surface area contributed by atoms with Gasteiger partial charge in [0, 0.05) is 11.5 Å². The Labute approximate surface area is 269 Å². The van der Waals surface area contributed by atoms with Gasteiger partial charge in [-0.15, -0.1) is 0 Å². The van der Waals surface area contributed by atoms with Crippen LogP contribution in [0.25, 0.3) is 0 Å². The summed E-state index contributed by atoms with van der Waals surface area (Å²) in [5.41, 5.74) is 0.738. The van der Waals surface area contributed by atoms with Gasteiger partial charge in [0.25, 0.3) is 0 Å². The number of hydrogen-bond donors (Lipinski definition) is 3. The summed E-state index contributed by atoms with van der Waals surface area (Å²) < 4.78 is 14.1. The molecular weight excluding hydrogens is 614 g/mol. The molecule has 0 bridgehead atoms. The van der Waals surface area contributed by atoms with Crippen LogP contribution in [0, 0.1) is 41.8 Å². The highest BCUT2D eigenvalue weighted by Crippen LogP contribution is 2.64. The molecule has 2 heterocycles. The van der Waals surface area contributed by atoms with Crippen molar-refractivity contribution in [2.24, 2.45) is 29.1 Å². The number of allylic oxidation sites excluding steroid dienone is 2. The lowest BCUT2D eigenvalue weighted by atomic mass is 9.51. The van der Waals surface area contributed by atoms with Crippen LogP contribution in [-0.2, 0) is 19.2 Å². The molecule has 3 N–H and O–H groups in total. The van der Waals surface area contributed by atoms with Crippen LogP contribution >= 0.6 is 11.6 Å². The van der Waals surface area contributed by atoms with Gasteiger partial charge in [-0.05, 0) is 74.0 Å². The maximum Gasteiger partial charge on any atom is 0.488 e. The van der Waals surface area contributed by atoms with E-state index in [1.54, 1.807) is 38.1 Å². The number of halogens is 2. The first-order chi connectivity index (χ1) is 21.9. The molecule has 3 aromatic rings. The molecule has 0 radical (unpaired) electrons. The van der Waals surface area contributed by atoms with Gasteiger partial charge in [0.1, 0.15) is 11.6 Å². The van der Waals surface area contributed by atoms with Crippen molar-refractivity contribution in [2.75, 3.05) is 9.80 Å². The van der Waals surface area contributed by atoms with Gasteiger partial charge in [-0.2, -0.15) is 0 Å². The van der Waals surface area contributed by atoms with E-state index < -0.39 is 71.6 Å². The summed E-state index contributed by atoms with van der Waals surface area (Å²) in [5, 5.41) is 30.5. The van der Waals surface area contributed by atoms with E-state index in [4.69, 9.17) is 11.6 Å². The van der Waals surface area contributed by atoms with Crippen molar-refractivity contribution in [1.29, 1.82) is 0 Å². The van der Waals surface area contributed by atoms with Gasteiger partial charge in [-0.1, -0.05) is 53.6 Å². The van der Waals surface area contributed by atoms with Crippen molar-refractivity contribution in [1.82, 2.24) is 0 Å². The maximum absolute atomic E-state index is 14.5. The lowest BCUT2D eigenvalue weighted by Gasteiger charge is -2.49. The minimum absolute atomic E-state index is 0.0329. The topological polar surface area (TPSA) is 135 Å². The SMILES string of the molecule is Cc1cccc([C@H]2C3=CC[C@@H]4C(=O)N(c5cccc(B(O)O)c5)C(=O)[C@@H]4[C@@H]3C[C@H]3C(=O)N(c4ccc(F)c(Cl)c4)C(=O)[C@@]23C)c1O. The Hall–Kier alpha value is -4.32. The van der Waals surface area contributed by atoms with Crippen LogP contribution in [0.5, 0.6) is 5.75 Å². The molecule has 1 saturated carbocycles. The number of benzene rings is 3. The van der Waals surface area contributed by atoms with Crippen LogP contribution < -0.4 is 15.3 Å². The molecule has 2 aliphatic carbocycles. The van der Waals surface area contributed by atoms with E-state index in [9.17, 15) is 38.7 Å². The molecule has 46 heavy (non-hydrogen) atoms. The molecule has 0 spiro atoms. The molecule has 2 aliphatic heterocycles. The highest BCUT2D eigenvalue weighted by atomic mass is 35.5. The summed E-state index contributed by atoms with van der Waals surface area (Å²) in [7, 11) is -1.80.